The number of nitrogens with one attached hydrogen (secondary N) is 2. The summed E-state index contributed by atoms with van der Waals surface area (Å²) in [7, 11) is 0. The van der Waals surface area contributed by atoms with Crippen LogP contribution in [0, 0.1) is 5.92 Å². The monoisotopic (exact) mass is 301 g/mol. The van der Waals surface area contributed by atoms with E-state index in [1.807, 2.05) is 12.1 Å². The molecule has 4 nitrogen and oxygen atoms in total. The highest BCUT2D eigenvalue weighted by Crippen LogP contribution is 2.19. The Morgan fingerprint density at radius 3 is 2.95 bits per heavy atom. The molecule has 1 aromatic heterocycles. The smallest absolute Gasteiger partial charge is 0.269 e. The first-order valence-corrected chi connectivity index (χ1v) is 8.31. The molecule has 2 rings (SSSR count). The average Bonchev–Trinajstić information content (AvgIpc) is 2.54. The number of amides is 1. The molecule has 22 heavy (non-hydrogen) atoms. The van der Waals surface area contributed by atoms with E-state index in [0.29, 0.717) is 18.2 Å². The van der Waals surface area contributed by atoms with Crippen molar-refractivity contribution in [3.05, 3.63) is 35.7 Å². The first-order valence-electron chi connectivity index (χ1n) is 8.31. The summed E-state index contributed by atoms with van der Waals surface area (Å²) in [6, 6.07) is 3.71. The molecule has 0 fully saturated rings. The minimum atomic E-state index is -0.0930. The normalized spacial score (nSPS) is 14.6. The first kappa shape index (κ1) is 16.5. The second kappa shape index (κ2) is 8.57. The molecule has 1 amide bonds. The minimum absolute atomic E-state index is 0.0930. The van der Waals surface area contributed by atoms with Crippen LogP contribution >= 0.6 is 0 Å². The summed E-state index contributed by atoms with van der Waals surface area (Å²) in [5, 5.41) is 6.29. The number of hydrogen-bond donors (Lipinski definition) is 2. The number of hydrogen-bond acceptors (Lipinski definition) is 3. The molecular formula is C18H27N3O. The van der Waals surface area contributed by atoms with Gasteiger partial charge in [0.1, 0.15) is 5.69 Å². The van der Waals surface area contributed by atoms with Crippen LogP contribution < -0.4 is 10.6 Å². The van der Waals surface area contributed by atoms with Crippen molar-refractivity contribution >= 4 is 11.6 Å². The summed E-state index contributed by atoms with van der Waals surface area (Å²) in [5.41, 5.74) is 2.90. The Hall–Kier alpha value is -1.84. The van der Waals surface area contributed by atoms with Crippen molar-refractivity contribution in [1.29, 1.82) is 0 Å². The van der Waals surface area contributed by atoms with E-state index in [0.717, 1.165) is 18.7 Å². The molecule has 0 saturated heterocycles. The number of aromatic nitrogens is 1. The lowest BCUT2D eigenvalue weighted by Crippen LogP contribution is -2.26. The Balaban J connectivity index is 1.81. The quantitative estimate of drug-likeness (QED) is 0.754. The fourth-order valence-electron chi connectivity index (χ4n) is 2.55. The van der Waals surface area contributed by atoms with E-state index in [-0.39, 0.29) is 5.91 Å². The standard InChI is InChI=1S/C18H27N3O/c1-14(2)13-21-16-9-11-19-17(12-16)18(22)20-10-8-15-6-4-3-5-7-15/h6,9,11-12,14H,3-5,7-8,10,13H2,1-2H3,(H,19,21)(H,20,22). The maximum atomic E-state index is 12.2. The Morgan fingerprint density at radius 2 is 2.23 bits per heavy atom. The van der Waals surface area contributed by atoms with Gasteiger partial charge in [0.2, 0.25) is 0 Å². The summed E-state index contributed by atoms with van der Waals surface area (Å²) in [6.07, 6.45) is 9.92. The maximum absolute atomic E-state index is 12.2. The lowest BCUT2D eigenvalue weighted by Gasteiger charge is -2.13. The van der Waals surface area contributed by atoms with Crippen molar-refractivity contribution in [2.75, 3.05) is 18.4 Å². The van der Waals surface area contributed by atoms with Crippen LogP contribution in [0.1, 0.15) is 56.4 Å². The summed E-state index contributed by atoms with van der Waals surface area (Å²) < 4.78 is 0. The Bertz CT molecular complexity index is 523. The van der Waals surface area contributed by atoms with E-state index in [4.69, 9.17) is 0 Å². The van der Waals surface area contributed by atoms with Crippen molar-refractivity contribution in [3.63, 3.8) is 0 Å². The molecule has 1 aliphatic rings. The van der Waals surface area contributed by atoms with E-state index >= 15 is 0 Å². The Labute approximate surface area is 133 Å². The first-order chi connectivity index (χ1) is 10.6. The van der Waals surface area contributed by atoms with Crippen molar-refractivity contribution in [2.45, 2.75) is 46.0 Å². The van der Waals surface area contributed by atoms with Crippen LogP contribution in [-0.2, 0) is 0 Å². The van der Waals surface area contributed by atoms with E-state index in [9.17, 15) is 4.79 Å². The van der Waals surface area contributed by atoms with Gasteiger partial charge in [-0.2, -0.15) is 0 Å². The number of anilines is 1. The second-order valence-corrected chi connectivity index (χ2v) is 6.32. The molecule has 0 spiro atoms. The Morgan fingerprint density at radius 1 is 1.36 bits per heavy atom. The number of rotatable bonds is 7. The molecular weight excluding hydrogens is 274 g/mol. The summed E-state index contributed by atoms with van der Waals surface area (Å²) in [6.45, 7) is 5.89. The predicted octanol–water partition coefficient (Wildman–Crippen LogP) is 3.77. The van der Waals surface area contributed by atoms with Gasteiger partial charge in [0.05, 0.1) is 0 Å². The molecule has 120 valence electrons. The average molecular weight is 301 g/mol. The number of nitrogens with zero attached hydrogens (tertiary/aromatic N) is 1. The van der Waals surface area contributed by atoms with E-state index in [1.165, 1.54) is 31.3 Å². The number of carbonyl (C=O) groups excluding carboxylic acids is 1. The van der Waals surface area contributed by atoms with Crippen LogP contribution in [0.3, 0.4) is 0 Å². The molecule has 4 heteroatoms. The molecule has 1 aromatic rings. The van der Waals surface area contributed by atoms with Crippen molar-refractivity contribution in [1.82, 2.24) is 10.3 Å². The van der Waals surface area contributed by atoms with Crippen LogP contribution in [-0.4, -0.2) is 24.0 Å². The minimum Gasteiger partial charge on any atom is -0.385 e. The largest absolute Gasteiger partial charge is 0.385 e. The van der Waals surface area contributed by atoms with Gasteiger partial charge in [-0.1, -0.05) is 25.5 Å². The van der Waals surface area contributed by atoms with Gasteiger partial charge in [0, 0.05) is 25.0 Å². The fraction of sp³-hybridized carbons (Fsp3) is 0.556. The van der Waals surface area contributed by atoms with Gasteiger partial charge in [-0.05, 0) is 50.2 Å². The number of allylic oxidation sites excluding steroid dienone is 1. The van der Waals surface area contributed by atoms with Crippen LogP contribution in [0.25, 0.3) is 0 Å². The third-order valence-corrected chi connectivity index (χ3v) is 3.82. The third-order valence-electron chi connectivity index (χ3n) is 3.82. The van der Waals surface area contributed by atoms with Gasteiger partial charge in [-0.3, -0.25) is 9.78 Å². The van der Waals surface area contributed by atoms with Crippen LogP contribution in [0.5, 0.6) is 0 Å². The second-order valence-electron chi connectivity index (χ2n) is 6.32. The molecule has 0 aromatic carbocycles. The summed E-state index contributed by atoms with van der Waals surface area (Å²) in [4.78, 5) is 16.3. The Kier molecular flexibility index (Phi) is 6.44. The highest BCUT2D eigenvalue weighted by Gasteiger charge is 2.09. The molecule has 0 saturated carbocycles. The van der Waals surface area contributed by atoms with Crippen molar-refractivity contribution in [2.24, 2.45) is 5.92 Å². The molecule has 0 atom stereocenters. The van der Waals surface area contributed by atoms with Crippen LogP contribution in [0.2, 0.25) is 0 Å². The summed E-state index contributed by atoms with van der Waals surface area (Å²) in [5.74, 6) is 0.471. The van der Waals surface area contributed by atoms with Crippen LogP contribution in [0.15, 0.2) is 30.0 Å². The van der Waals surface area contributed by atoms with Gasteiger partial charge in [0.25, 0.3) is 5.91 Å². The van der Waals surface area contributed by atoms with Gasteiger partial charge >= 0.3 is 0 Å². The SMILES string of the molecule is CC(C)CNc1ccnc(C(=O)NCCC2=CCCCC2)c1. The number of pyridine rings is 1. The lowest BCUT2D eigenvalue weighted by molar-refractivity contribution is 0.0949. The van der Waals surface area contributed by atoms with Crippen molar-refractivity contribution in [3.8, 4) is 0 Å². The predicted molar refractivity (Wildman–Crippen MR) is 91.1 cm³/mol. The zero-order chi connectivity index (χ0) is 15.8. The van der Waals surface area contributed by atoms with E-state index < -0.39 is 0 Å². The van der Waals surface area contributed by atoms with Crippen LogP contribution in [0.4, 0.5) is 5.69 Å². The molecule has 0 unspecified atom stereocenters. The zero-order valence-corrected chi connectivity index (χ0v) is 13.7. The number of carbonyl (C=O) groups is 1. The highest BCUT2D eigenvalue weighted by molar-refractivity contribution is 5.93. The lowest BCUT2D eigenvalue weighted by atomic mass is 9.97. The summed E-state index contributed by atoms with van der Waals surface area (Å²) >= 11 is 0. The molecule has 0 radical (unpaired) electrons. The van der Waals surface area contributed by atoms with E-state index in [1.54, 1.807) is 6.20 Å². The van der Waals surface area contributed by atoms with Gasteiger partial charge < -0.3 is 10.6 Å². The van der Waals surface area contributed by atoms with Gasteiger partial charge in [0.15, 0.2) is 0 Å². The fourth-order valence-corrected chi connectivity index (χ4v) is 2.55. The maximum Gasteiger partial charge on any atom is 0.269 e. The molecule has 0 bridgehead atoms. The molecule has 2 N–H and O–H groups in total. The topological polar surface area (TPSA) is 54.0 Å². The van der Waals surface area contributed by atoms with Gasteiger partial charge in [-0.15, -0.1) is 0 Å². The third kappa shape index (κ3) is 5.51. The highest BCUT2D eigenvalue weighted by atomic mass is 16.1. The van der Waals surface area contributed by atoms with Gasteiger partial charge in [-0.25, -0.2) is 0 Å². The van der Waals surface area contributed by atoms with E-state index in [2.05, 4.69) is 35.5 Å². The van der Waals surface area contributed by atoms with Crippen molar-refractivity contribution < 1.29 is 4.79 Å². The molecule has 0 aliphatic heterocycles. The molecule has 1 aliphatic carbocycles. The zero-order valence-electron chi connectivity index (χ0n) is 13.7. The molecule has 1 heterocycles.